The summed E-state index contributed by atoms with van der Waals surface area (Å²) in [5, 5.41) is 2.09. The van der Waals surface area contributed by atoms with Crippen LogP contribution in [-0.4, -0.2) is 17.4 Å². The number of benzene rings is 2. The van der Waals surface area contributed by atoms with Gasteiger partial charge in [0, 0.05) is 29.1 Å². The zero-order chi connectivity index (χ0) is 19.1. The van der Waals surface area contributed by atoms with Gasteiger partial charge in [-0.1, -0.05) is 36.4 Å². The molecule has 0 N–H and O–H groups in total. The number of hydrogen-bond acceptors (Lipinski definition) is 5. The highest BCUT2D eigenvalue weighted by molar-refractivity contribution is 7.09. The first-order chi connectivity index (χ1) is 13.7. The van der Waals surface area contributed by atoms with Crippen molar-refractivity contribution in [1.29, 1.82) is 0 Å². The molecule has 0 atom stereocenters. The Kier molecular flexibility index (Phi) is 4.26. The van der Waals surface area contributed by atoms with E-state index in [1.165, 1.54) is 4.88 Å². The third-order valence-electron chi connectivity index (χ3n) is 5.06. The van der Waals surface area contributed by atoms with Gasteiger partial charge in [0.05, 0.1) is 5.56 Å². The van der Waals surface area contributed by atoms with Gasteiger partial charge in [-0.3, -0.25) is 9.69 Å². The van der Waals surface area contributed by atoms with Crippen molar-refractivity contribution < 1.29 is 14.3 Å². The Labute approximate surface area is 167 Å². The smallest absolute Gasteiger partial charge is 0.231 e. The molecule has 3 aromatic rings. The van der Waals surface area contributed by atoms with Crippen molar-refractivity contribution in [3.63, 3.8) is 0 Å². The molecule has 0 unspecified atom stereocenters. The number of carbonyl (C=O) groups excluding carboxylic acids is 1. The first kappa shape index (κ1) is 17.2. The second-order valence-corrected chi connectivity index (χ2v) is 8.09. The average Bonchev–Trinajstić information content (AvgIpc) is 3.32. The third kappa shape index (κ3) is 3.03. The largest absolute Gasteiger partial charge is 0.477 e. The molecule has 2 aliphatic rings. The lowest BCUT2D eigenvalue weighted by molar-refractivity contribution is 0.0886. The second kappa shape index (κ2) is 6.93. The zero-order valence-corrected chi connectivity index (χ0v) is 16.3. The van der Waals surface area contributed by atoms with Crippen molar-refractivity contribution in [1.82, 2.24) is 4.90 Å². The molecular weight excluding hydrogens is 370 g/mol. The lowest BCUT2D eigenvalue weighted by atomic mass is 10.00. The van der Waals surface area contributed by atoms with Crippen molar-refractivity contribution in [3.8, 4) is 11.5 Å². The lowest BCUT2D eigenvalue weighted by Crippen LogP contribution is -2.31. The molecule has 5 heteroatoms. The lowest BCUT2D eigenvalue weighted by Gasteiger charge is -2.30. The molecule has 0 radical (unpaired) electrons. The molecule has 0 saturated carbocycles. The monoisotopic (exact) mass is 389 g/mol. The molecule has 0 bridgehead atoms. The normalized spacial score (nSPS) is 17.2. The van der Waals surface area contributed by atoms with Crippen molar-refractivity contribution in [2.24, 2.45) is 0 Å². The van der Waals surface area contributed by atoms with Gasteiger partial charge in [-0.15, -0.1) is 11.3 Å². The van der Waals surface area contributed by atoms with Crippen LogP contribution in [0, 0.1) is 6.92 Å². The summed E-state index contributed by atoms with van der Waals surface area (Å²) in [6, 6.07) is 15.9. The van der Waals surface area contributed by atoms with Crippen molar-refractivity contribution in [3.05, 3.63) is 86.8 Å². The SMILES string of the molecule is Cc1c2c(cc3c1O/C(=C\c1ccccc1)C3=O)CN(Cc1cccs1)CO2. The summed E-state index contributed by atoms with van der Waals surface area (Å²) in [5.41, 5.74) is 3.50. The molecule has 0 spiro atoms. The molecule has 0 amide bonds. The van der Waals surface area contributed by atoms with Crippen LogP contribution in [0.15, 0.2) is 59.7 Å². The van der Waals surface area contributed by atoms with Crippen LogP contribution in [0.1, 0.15) is 31.9 Å². The van der Waals surface area contributed by atoms with E-state index in [4.69, 9.17) is 9.47 Å². The van der Waals surface area contributed by atoms with Crippen LogP contribution in [0.3, 0.4) is 0 Å². The Morgan fingerprint density at radius 1 is 1.14 bits per heavy atom. The zero-order valence-electron chi connectivity index (χ0n) is 15.5. The molecule has 140 valence electrons. The number of hydrogen-bond donors (Lipinski definition) is 0. The summed E-state index contributed by atoms with van der Waals surface area (Å²) in [5.74, 6) is 1.76. The van der Waals surface area contributed by atoms with E-state index in [9.17, 15) is 4.79 Å². The first-order valence-corrected chi connectivity index (χ1v) is 10.1. The average molecular weight is 389 g/mol. The number of fused-ring (bicyclic) bond motifs is 2. The predicted octanol–water partition coefficient (Wildman–Crippen LogP) is 5.02. The maximum absolute atomic E-state index is 12.9. The summed E-state index contributed by atoms with van der Waals surface area (Å²) >= 11 is 1.74. The van der Waals surface area contributed by atoms with Crippen molar-refractivity contribution in [2.75, 3.05) is 6.73 Å². The predicted molar refractivity (Wildman–Crippen MR) is 110 cm³/mol. The van der Waals surface area contributed by atoms with Gasteiger partial charge in [0.2, 0.25) is 5.78 Å². The first-order valence-electron chi connectivity index (χ1n) is 9.22. The van der Waals surface area contributed by atoms with E-state index < -0.39 is 0 Å². The summed E-state index contributed by atoms with van der Waals surface area (Å²) < 4.78 is 12.0. The summed E-state index contributed by atoms with van der Waals surface area (Å²) in [7, 11) is 0. The van der Waals surface area contributed by atoms with Gasteiger partial charge in [-0.2, -0.15) is 0 Å². The van der Waals surface area contributed by atoms with Gasteiger partial charge in [-0.25, -0.2) is 0 Å². The van der Waals surface area contributed by atoms with E-state index >= 15 is 0 Å². The summed E-state index contributed by atoms with van der Waals surface area (Å²) in [6.07, 6.45) is 1.80. The van der Waals surface area contributed by atoms with Crippen LogP contribution in [0.4, 0.5) is 0 Å². The fourth-order valence-electron chi connectivity index (χ4n) is 3.72. The Morgan fingerprint density at radius 2 is 2.00 bits per heavy atom. The van der Waals surface area contributed by atoms with Crippen molar-refractivity contribution in [2.45, 2.75) is 20.0 Å². The Hall–Kier alpha value is -2.89. The highest BCUT2D eigenvalue weighted by Crippen LogP contribution is 2.43. The summed E-state index contributed by atoms with van der Waals surface area (Å²) in [6.45, 7) is 4.10. The van der Waals surface area contributed by atoms with Crippen LogP contribution in [0.5, 0.6) is 11.5 Å². The number of ether oxygens (including phenoxy) is 2. The minimum Gasteiger partial charge on any atom is -0.477 e. The van der Waals surface area contributed by atoms with E-state index in [1.807, 2.05) is 43.3 Å². The molecule has 4 nitrogen and oxygen atoms in total. The van der Waals surface area contributed by atoms with E-state index in [-0.39, 0.29) is 5.78 Å². The molecule has 5 rings (SSSR count). The van der Waals surface area contributed by atoms with Gasteiger partial charge < -0.3 is 9.47 Å². The summed E-state index contributed by atoms with van der Waals surface area (Å²) in [4.78, 5) is 16.5. The number of rotatable bonds is 3. The van der Waals surface area contributed by atoms with E-state index in [0.29, 0.717) is 23.8 Å². The van der Waals surface area contributed by atoms with Crippen LogP contribution in [0.2, 0.25) is 0 Å². The number of ketones is 1. The number of thiophene rings is 1. The van der Waals surface area contributed by atoms with E-state index in [1.54, 1.807) is 17.4 Å². The standard InChI is InChI=1S/C23H19NO3S/c1-15-22-17(12-24(14-26-22)13-18-8-5-9-28-18)11-19-21(25)20(27-23(15)19)10-16-6-3-2-4-7-16/h2-11H,12-14H2,1H3/b20-10-. The number of Topliss-reactive ketones (excluding diaryl/α,β-unsaturated/α-hetero) is 1. The minimum atomic E-state index is -0.0693. The van der Waals surface area contributed by atoms with E-state index in [0.717, 1.165) is 35.5 Å². The quantitative estimate of drug-likeness (QED) is 0.589. The molecule has 0 fully saturated rings. The van der Waals surface area contributed by atoms with Gasteiger partial charge in [0.15, 0.2) is 5.76 Å². The van der Waals surface area contributed by atoms with Gasteiger partial charge >= 0.3 is 0 Å². The maximum Gasteiger partial charge on any atom is 0.231 e. The third-order valence-corrected chi connectivity index (χ3v) is 5.92. The molecule has 28 heavy (non-hydrogen) atoms. The Balaban J connectivity index is 1.45. The van der Waals surface area contributed by atoms with Crippen LogP contribution >= 0.6 is 11.3 Å². The number of allylic oxidation sites excluding steroid dienone is 1. The van der Waals surface area contributed by atoms with Gasteiger partial charge in [0.25, 0.3) is 0 Å². The van der Waals surface area contributed by atoms with Crippen molar-refractivity contribution >= 4 is 23.2 Å². The molecule has 0 aliphatic carbocycles. The van der Waals surface area contributed by atoms with Crippen LogP contribution < -0.4 is 9.47 Å². The molecule has 0 saturated heterocycles. The second-order valence-electron chi connectivity index (χ2n) is 7.06. The highest BCUT2D eigenvalue weighted by Gasteiger charge is 2.33. The Morgan fingerprint density at radius 3 is 2.79 bits per heavy atom. The van der Waals surface area contributed by atoms with Crippen LogP contribution in [0.25, 0.3) is 6.08 Å². The molecule has 3 heterocycles. The molecule has 2 aromatic carbocycles. The maximum atomic E-state index is 12.9. The van der Waals surface area contributed by atoms with Crippen LogP contribution in [-0.2, 0) is 13.1 Å². The minimum absolute atomic E-state index is 0.0693. The molecular formula is C23H19NO3S. The van der Waals surface area contributed by atoms with E-state index in [2.05, 4.69) is 22.4 Å². The topological polar surface area (TPSA) is 38.8 Å². The fraction of sp³-hybridized carbons (Fsp3) is 0.174. The highest BCUT2D eigenvalue weighted by atomic mass is 32.1. The Bertz CT molecular complexity index is 1070. The number of nitrogens with zero attached hydrogens (tertiary/aromatic N) is 1. The fourth-order valence-corrected chi connectivity index (χ4v) is 4.47. The molecule has 1 aromatic heterocycles. The number of carbonyl (C=O) groups is 1. The molecule has 2 aliphatic heterocycles. The van der Waals surface area contributed by atoms with Gasteiger partial charge in [-0.05, 0) is 36.1 Å². The van der Waals surface area contributed by atoms with Gasteiger partial charge in [0.1, 0.15) is 18.2 Å².